The van der Waals surface area contributed by atoms with Gasteiger partial charge >= 0.3 is 5.97 Å². The van der Waals surface area contributed by atoms with E-state index in [9.17, 15) is 23.1 Å². The lowest BCUT2D eigenvalue weighted by atomic mass is 9.98. The molecule has 156 valence electrons. The van der Waals surface area contributed by atoms with Gasteiger partial charge in [0.2, 0.25) is 15.9 Å². The maximum absolute atomic E-state index is 13.1. The van der Waals surface area contributed by atoms with Gasteiger partial charge in [0.1, 0.15) is 11.6 Å². The molecule has 1 aliphatic rings. The molecule has 0 saturated carbocycles. The molecule has 0 radical (unpaired) electrons. The van der Waals surface area contributed by atoms with E-state index in [0.29, 0.717) is 18.6 Å². The van der Waals surface area contributed by atoms with Crippen molar-refractivity contribution in [1.29, 1.82) is 0 Å². The minimum Gasteiger partial charge on any atom is -0.493 e. The summed E-state index contributed by atoms with van der Waals surface area (Å²) < 4.78 is 37.6. The molecule has 9 nitrogen and oxygen atoms in total. The molecule has 1 aromatic carbocycles. The molecular weight excluding hydrogens is 388 g/mol. The quantitative estimate of drug-likeness (QED) is 0.656. The average molecular weight is 414 g/mol. The number of nitrogens with one attached hydrogen (secondary N) is 1. The molecule has 0 spiro atoms. The van der Waals surface area contributed by atoms with Gasteiger partial charge in [0.15, 0.2) is 11.5 Å². The minimum atomic E-state index is -3.98. The Labute approximate surface area is 164 Å². The third-order valence-electron chi connectivity index (χ3n) is 5.05. The number of hydrogen-bond acceptors (Lipinski definition) is 6. The number of aliphatic carboxylic acids is 1. The molecule has 2 rings (SSSR count). The van der Waals surface area contributed by atoms with Crippen LogP contribution in [-0.4, -0.2) is 62.1 Å². The molecule has 0 aromatic heterocycles. The molecule has 28 heavy (non-hydrogen) atoms. The number of carboxylic acid groups (broad SMARTS) is 1. The summed E-state index contributed by atoms with van der Waals surface area (Å²) in [6.07, 6.45) is 0.988. The molecule has 0 aliphatic carbocycles. The first-order valence-corrected chi connectivity index (χ1v) is 10.3. The van der Waals surface area contributed by atoms with E-state index in [1.54, 1.807) is 6.92 Å². The number of carboxylic acids is 1. The van der Waals surface area contributed by atoms with Crippen molar-refractivity contribution in [1.82, 2.24) is 9.62 Å². The van der Waals surface area contributed by atoms with Crippen molar-refractivity contribution in [2.45, 2.75) is 49.6 Å². The first kappa shape index (κ1) is 22.0. The third kappa shape index (κ3) is 4.07. The molecule has 1 fully saturated rings. The molecule has 1 heterocycles. The van der Waals surface area contributed by atoms with Crippen LogP contribution in [0.2, 0.25) is 0 Å². The lowest BCUT2D eigenvalue weighted by Crippen LogP contribution is -2.57. The summed E-state index contributed by atoms with van der Waals surface area (Å²) in [4.78, 5) is 24.1. The minimum absolute atomic E-state index is 0.0265. The third-order valence-corrected chi connectivity index (χ3v) is 6.95. The first-order chi connectivity index (χ1) is 13.1. The van der Waals surface area contributed by atoms with Crippen molar-refractivity contribution < 1.29 is 32.6 Å². The fourth-order valence-electron chi connectivity index (χ4n) is 3.05. The predicted molar refractivity (Wildman–Crippen MR) is 101 cm³/mol. The number of carbonyl (C=O) groups is 2. The maximum atomic E-state index is 13.1. The van der Waals surface area contributed by atoms with Crippen LogP contribution in [0.3, 0.4) is 0 Å². The van der Waals surface area contributed by atoms with E-state index >= 15 is 0 Å². The number of methoxy groups -OCH3 is 2. The molecule has 2 unspecified atom stereocenters. The van der Waals surface area contributed by atoms with Crippen molar-refractivity contribution in [2.24, 2.45) is 0 Å². The molecular formula is C18H26N2O7S. The van der Waals surface area contributed by atoms with E-state index in [1.165, 1.54) is 39.3 Å². The summed E-state index contributed by atoms with van der Waals surface area (Å²) in [5.74, 6) is -1.14. The maximum Gasteiger partial charge on any atom is 0.329 e. The van der Waals surface area contributed by atoms with Gasteiger partial charge in [0.05, 0.1) is 19.1 Å². The molecule has 2 N–H and O–H groups in total. The zero-order valence-corrected chi connectivity index (χ0v) is 17.2. The Morgan fingerprint density at radius 3 is 2.46 bits per heavy atom. The summed E-state index contributed by atoms with van der Waals surface area (Å²) >= 11 is 0. The normalized spacial score (nSPS) is 19.6. The fraction of sp³-hybridized carbons (Fsp3) is 0.556. The van der Waals surface area contributed by atoms with Gasteiger partial charge < -0.3 is 19.9 Å². The number of rotatable bonds is 8. The second-order valence-corrected chi connectivity index (χ2v) is 8.66. The average Bonchev–Trinajstić information content (AvgIpc) is 3.18. The molecule has 1 amide bonds. The monoisotopic (exact) mass is 414 g/mol. The number of hydrogen-bond donors (Lipinski definition) is 2. The van der Waals surface area contributed by atoms with Crippen molar-refractivity contribution in [3.05, 3.63) is 18.2 Å². The van der Waals surface area contributed by atoms with Gasteiger partial charge in [-0.3, -0.25) is 4.79 Å². The van der Waals surface area contributed by atoms with E-state index in [1.807, 2.05) is 0 Å². The highest BCUT2D eigenvalue weighted by Gasteiger charge is 2.43. The molecule has 10 heteroatoms. The molecule has 1 aliphatic heterocycles. The Hall–Kier alpha value is -2.33. The van der Waals surface area contributed by atoms with Crippen LogP contribution >= 0.6 is 0 Å². The largest absolute Gasteiger partial charge is 0.493 e. The second-order valence-electron chi connectivity index (χ2n) is 6.77. The summed E-state index contributed by atoms with van der Waals surface area (Å²) in [5.41, 5.74) is -1.46. The van der Waals surface area contributed by atoms with Crippen LogP contribution in [-0.2, 0) is 19.6 Å². The molecule has 2 atom stereocenters. The lowest BCUT2D eigenvalue weighted by molar-refractivity contribution is -0.147. The standard InChI is InChI=1S/C18H26N2O7S/c1-5-18(2,17(22)23)19-16(21)13-7-6-10-20(13)28(24,25)12-8-9-14(26-3)15(11-12)27-4/h8-9,11,13H,5-7,10H2,1-4H3,(H,19,21)(H,22,23). The Bertz CT molecular complexity index is 855. The van der Waals surface area contributed by atoms with Gasteiger partial charge in [-0.1, -0.05) is 6.92 Å². The van der Waals surface area contributed by atoms with Crippen LogP contribution in [0.25, 0.3) is 0 Å². The number of sulfonamides is 1. The van der Waals surface area contributed by atoms with E-state index in [4.69, 9.17) is 9.47 Å². The van der Waals surface area contributed by atoms with Gasteiger partial charge in [-0.2, -0.15) is 4.31 Å². The number of carbonyl (C=O) groups excluding carboxylic acids is 1. The fourth-order valence-corrected chi connectivity index (χ4v) is 4.72. The van der Waals surface area contributed by atoms with E-state index in [0.717, 1.165) is 4.31 Å². The van der Waals surface area contributed by atoms with Crippen LogP contribution < -0.4 is 14.8 Å². The Morgan fingerprint density at radius 1 is 1.29 bits per heavy atom. The SMILES string of the molecule is CCC(C)(NC(=O)C1CCCN1S(=O)(=O)c1ccc(OC)c(OC)c1)C(=O)O. The van der Waals surface area contributed by atoms with E-state index in [-0.39, 0.29) is 23.6 Å². The number of nitrogens with zero attached hydrogens (tertiary/aromatic N) is 1. The van der Waals surface area contributed by atoms with Gasteiger partial charge in [-0.25, -0.2) is 13.2 Å². The van der Waals surface area contributed by atoms with Crippen LogP contribution in [0.1, 0.15) is 33.1 Å². The lowest BCUT2D eigenvalue weighted by Gasteiger charge is -2.29. The van der Waals surface area contributed by atoms with Crippen LogP contribution in [0.5, 0.6) is 11.5 Å². The Balaban J connectivity index is 2.32. The summed E-state index contributed by atoms with van der Waals surface area (Å²) in [6, 6.07) is 3.24. The van der Waals surface area contributed by atoms with Gasteiger partial charge in [-0.15, -0.1) is 0 Å². The topological polar surface area (TPSA) is 122 Å². The highest BCUT2D eigenvalue weighted by Crippen LogP contribution is 2.33. The van der Waals surface area contributed by atoms with Crippen molar-refractivity contribution >= 4 is 21.9 Å². The summed E-state index contributed by atoms with van der Waals surface area (Å²) in [7, 11) is -1.14. The second kappa shape index (κ2) is 8.36. The number of amides is 1. The van der Waals surface area contributed by atoms with E-state index in [2.05, 4.69) is 5.32 Å². The Morgan fingerprint density at radius 2 is 1.93 bits per heavy atom. The van der Waals surface area contributed by atoms with Crippen LogP contribution in [0, 0.1) is 0 Å². The summed E-state index contributed by atoms with van der Waals surface area (Å²) in [5, 5.41) is 11.9. The van der Waals surface area contributed by atoms with Crippen molar-refractivity contribution in [3.8, 4) is 11.5 Å². The van der Waals surface area contributed by atoms with E-state index < -0.39 is 33.5 Å². The van der Waals surface area contributed by atoms with Crippen molar-refractivity contribution in [2.75, 3.05) is 20.8 Å². The number of ether oxygens (including phenoxy) is 2. The smallest absolute Gasteiger partial charge is 0.329 e. The number of benzene rings is 1. The van der Waals surface area contributed by atoms with Gasteiger partial charge in [0.25, 0.3) is 0 Å². The van der Waals surface area contributed by atoms with Crippen LogP contribution in [0.15, 0.2) is 23.1 Å². The highest BCUT2D eigenvalue weighted by molar-refractivity contribution is 7.89. The van der Waals surface area contributed by atoms with Crippen molar-refractivity contribution in [3.63, 3.8) is 0 Å². The predicted octanol–water partition coefficient (Wildman–Crippen LogP) is 1.23. The Kier molecular flexibility index (Phi) is 6.56. The van der Waals surface area contributed by atoms with Gasteiger partial charge in [-0.05, 0) is 38.3 Å². The molecule has 1 saturated heterocycles. The first-order valence-electron chi connectivity index (χ1n) is 8.90. The highest BCUT2D eigenvalue weighted by atomic mass is 32.2. The van der Waals surface area contributed by atoms with Crippen LogP contribution in [0.4, 0.5) is 0 Å². The molecule has 1 aromatic rings. The van der Waals surface area contributed by atoms with Gasteiger partial charge in [0, 0.05) is 12.6 Å². The zero-order valence-electron chi connectivity index (χ0n) is 16.4. The molecule has 0 bridgehead atoms. The summed E-state index contributed by atoms with van der Waals surface area (Å²) in [6.45, 7) is 3.21. The zero-order chi connectivity index (χ0) is 21.1.